The minimum Gasteiger partial charge on any atom is -0.477 e. The third kappa shape index (κ3) is 8.12. The molecule has 3 aromatic rings. The number of halogens is 4. The lowest BCUT2D eigenvalue weighted by Gasteiger charge is -2.18. The Morgan fingerprint density at radius 3 is 2.70 bits per heavy atom. The fourth-order valence-corrected chi connectivity index (χ4v) is 6.01. The molecule has 9 nitrogen and oxygen atoms in total. The maximum absolute atomic E-state index is 13.1. The highest BCUT2D eigenvalue weighted by molar-refractivity contribution is 7.98. The molecule has 43 heavy (non-hydrogen) atoms. The van der Waals surface area contributed by atoms with Crippen LogP contribution >= 0.6 is 23.5 Å². The summed E-state index contributed by atoms with van der Waals surface area (Å²) in [5.41, 5.74) is -1.21. The first-order valence-corrected chi connectivity index (χ1v) is 15.5. The summed E-state index contributed by atoms with van der Waals surface area (Å²) in [4.78, 5) is 22.2. The van der Waals surface area contributed by atoms with Crippen LogP contribution in [-0.4, -0.2) is 57.1 Å². The number of carbonyl (C=O) groups excluding carboxylic acids is 1. The van der Waals surface area contributed by atoms with Gasteiger partial charge in [-0.1, -0.05) is 11.6 Å². The molecule has 0 radical (unpaired) electrons. The number of nitrogens with zero attached hydrogens (tertiary/aromatic N) is 4. The van der Waals surface area contributed by atoms with Crippen molar-refractivity contribution in [1.29, 1.82) is 0 Å². The predicted molar refractivity (Wildman–Crippen MR) is 160 cm³/mol. The van der Waals surface area contributed by atoms with Gasteiger partial charge in [0.1, 0.15) is 11.0 Å². The number of alkyl halides is 3. The van der Waals surface area contributed by atoms with Gasteiger partial charge in [-0.2, -0.15) is 13.2 Å². The summed E-state index contributed by atoms with van der Waals surface area (Å²) in [5, 5.41) is 11.1. The Kier molecular flexibility index (Phi) is 9.43. The van der Waals surface area contributed by atoms with Crippen molar-refractivity contribution in [2.24, 2.45) is 11.3 Å². The number of hydrogen-bond donors (Lipinski definition) is 3. The van der Waals surface area contributed by atoms with Gasteiger partial charge in [-0.15, -0.1) is 5.10 Å². The molecule has 1 aliphatic carbocycles. The molecule has 1 atom stereocenters. The number of rotatable bonds is 13. The van der Waals surface area contributed by atoms with Crippen LogP contribution in [0.3, 0.4) is 0 Å². The summed E-state index contributed by atoms with van der Waals surface area (Å²) in [6, 6.07) is 8.37. The van der Waals surface area contributed by atoms with E-state index in [0.29, 0.717) is 11.7 Å². The van der Waals surface area contributed by atoms with Crippen LogP contribution in [0.15, 0.2) is 47.6 Å². The average Bonchev–Trinajstić information content (AvgIpc) is 3.48. The van der Waals surface area contributed by atoms with Gasteiger partial charge in [0.25, 0.3) is 5.91 Å². The molecule has 3 N–H and O–H groups in total. The normalized spacial score (nSPS) is 18.8. The van der Waals surface area contributed by atoms with Crippen LogP contribution < -0.4 is 20.1 Å². The monoisotopic (exact) mass is 637 g/mol. The van der Waals surface area contributed by atoms with Crippen LogP contribution in [0.2, 0.25) is 5.15 Å². The zero-order valence-corrected chi connectivity index (χ0v) is 25.6. The number of amides is 1. The summed E-state index contributed by atoms with van der Waals surface area (Å²) >= 11 is 7.42. The molecule has 1 unspecified atom stereocenters. The Morgan fingerprint density at radius 1 is 1.23 bits per heavy atom. The lowest BCUT2D eigenvalue weighted by molar-refractivity contribution is -0.190. The van der Waals surface area contributed by atoms with Gasteiger partial charge in [-0.25, -0.2) is 14.6 Å². The van der Waals surface area contributed by atoms with Gasteiger partial charge in [-0.05, 0) is 101 Å². The lowest BCUT2D eigenvalue weighted by Crippen LogP contribution is -2.31. The van der Waals surface area contributed by atoms with Crippen molar-refractivity contribution in [3.05, 3.63) is 53.4 Å². The fourth-order valence-electron chi connectivity index (χ4n) is 5.21. The van der Waals surface area contributed by atoms with Gasteiger partial charge in [-0.3, -0.25) is 9.52 Å². The zero-order valence-electron chi connectivity index (χ0n) is 24.0. The Bertz CT molecular complexity index is 1410. The largest absolute Gasteiger partial charge is 0.477 e. The van der Waals surface area contributed by atoms with Gasteiger partial charge < -0.3 is 15.4 Å². The maximum atomic E-state index is 13.1. The highest BCUT2D eigenvalue weighted by atomic mass is 35.5. The molecule has 232 valence electrons. The molecule has 0 bridgehead atoms. The van der Waals surface area contributed by atoms with Crippen LogP contribution in [0, 0.1) is 11.3 Å². The molecule has 1 aliphatic heterocycles. The number of aromatic nitrogens is 4. The van der Waals surface area contributed by atoms with Crippen LogP contribution in [0.1, 0.15) is 62.7 Å². The van der Waals surface area contributed by atoms with Crippen LogP contribution in [0.5, 0.6) is 5.88 Å². The summed E-state index contributed by atoms with van der Waals surface area (Å²) in [6.07, 6.45) is 2.63. The van der Waals surface area contributed by atoms with Crippen molar-refractivity contribution < 1.29 is 22.7 Å². The second kappa shape index (κ2) is 12.9. The van der Waals surface area contributed by atoms with Crippen molar-refractivity contribution >= 4 is 35.3 Å². The molecule has 1 amide bonds. The van der Waals surface area contributed by atoms with Gasteiger partial charge in [0, 0.05) is 35.4 Å². The molecule has 14 heteroatoms. The molecular formula is C29H35ClF3N7O2S. The van der Waals surface area contributed by atoms with Gasteiger partial charge in [0.05, 0.1) is 17.6 Å². The van der Waals surface area contributed by atoms with Crippen molar-refractivity contribution in [2.45, 2.75) is 69.0 Å². The Balaban J connectivity index is 1.05. The van der Waals surface area contributed by atoms with E-state index in [4.69, 9.17) is 16.3 Å². The second-order valence-corrected chi connectivity index (χ2v) is 13.0. The van der Waals surface area contributed by atoms with E-state index in [1.54, 1.807) is 18.5 Å². The van der Waals surface area contributed by atoms with E-state index in [9.17, 15) is 18.0 Å². The molecule has 4 heterocycles. The van der Waals surface area contributed by atoms with E-state index < -0.39 is 17.5 Å². The molecule has 2 fully saturated rings. The molecule has 1 saturated heterocycles. The van der Waals surface area contributed by atoms with Crippen molar-refractivity contribution in [2.75, 3.05) is 25.0 Å². The first-order valence-electron chi connectivity index (χ1n) is 14.3. The molecule has 5 rings (SSSR count). The topological polar surface area (TPSA) is 106 Å². The Hall–Kier alpha value is -3.03. The smallest absolute Gasteiger partial charge is 0.394 e. The molecule has 0 spiro atoms. The van der Waals surface area contributed by atoms with E-state index in [-0.39, 0.29) is 48.0 Å². The zero-order chi connectivity index (χ0) is 30.7. The molecule has 1 saturated carbocycles. The van der Waals surface area contributed by atoms with E-state index >= 15 is 0 Å². The van der Waals surface area contributed by atoms with Crippen molar-refractivity contribution in [3.8, 4) is 11.7 Å². The maximum Gasteiger partial charge on any atom is 0.394 e. The van der Waals surface area contributed by atoms with Crippen molar-refractivity contribution in [3.63, 3.8) is 0 Å². The first-order chi connectivity index (χ1) is 20.4. The van der Waals surface area contributed by atoms with Crippen molar-refractivity contribution in [1.82, 2.24) is 29.8 Å². The number of hydrogen-bond acceptors (Lipinski definition) is 8. The fraction of sp³-hybridized carbons (Fsp3) is 0.517. The lowest BCUT2D eigenvalue weighted by atomic mass is 9.94. The predicted octanol–water partition coefficient (Wildman–Crippen LogP) is 6.44. The van der Waals surface area contributed by atoms with E-state index in [1.165, 1.54) is 29.7 Å². The Labute approximate surface area is 257 Å². The van der Waals surface area contributed by atoms with Crippen LogP contribution in [0.4, 0.5) is 19.0 Å². The van der Waals surface area contributed by atoms with Gasteiger partial charge in [0.2, 0.25) is 5.88 Å². The number of ether oxygens (including phenoxy) is 1. The third-order valence-corrected chi connectivity index (χ3v) is 8.98. The van der Waals surface area contributed by atoms with Crippen LogP contribution in [0.25, 0.3) is 5.82 Å². The number of pyridine rings is 2. The number of nitrogens with one attached hydrogen (secondary N) is 3. The average molecular weight is 638 g/mol. The standard InChI is InChI=1S/C29H35ClF3N7O2S/c1-27(2)16-19(17-36-27)4-3-13-34-22-7-5-20(18-35-22)43-39-26(41)21-6-8-23(37-25(21)30)40-14-9-24(38-40)42-15-12-28(10-11-28)29(31,32)33/h5-9,14,18-19,36H,3-4,10-13,15-17H2,1-2H3,(H,34,35)(H,39,41). The molecule has 0 aromatic carbocycles. The number of carbonyl (C=O) groups is 1. The summed E-state index contributed by atoms with van der Waals surface area (Å²) in [6.45, 7) is 6.33. The third-order valence-electron chi connectivity index (χ3n) is 7.92. The second-order valence-electron chi connectivity index (χ2n) is 11.8. The number of anilines is 1. The molecule has 3 aromatic heterocycles. The quantitative estimate of drug-likeness (QED) is 0.112. The first kappa shape index (κ1) is 31.4. The minimum absolute atomic E-state index is 0.0240. The van der Waals surface area contributed by atoms with Crippen LogP contribution in [-0.2, 0) is 0 Å². The summed E-state index contributed by atoms with van der Waals surface area (Å²) < 4.78 is 48.8. The summed E-state index contributed by atoms with van der Waals surface area (Å²) in [7, 11) is 0. The van der Waals surface area contributed by atoms with Gasteiger partial charge in [0.15, 0.2) is 5.82 Å². The van der Waals surface area contributed by atoms with E-state index in [2.05, 4.69) is 44.3 Å². The van der Waals surface area contributed by atoms with E-state index in [1.807, 2.05) is 12.1 Å². The molecule has 2 aliphatic rings. The minimum atomic E-state index is -4.22. The molecular weight excluding hydrogens is 603 g/mol. The highest BCUT2D eigenvalue weighted by Crippen LogP contribution is 2.59. The SMILES string of the molecule is CC1(C)CC(CCCNc2ccc(SNC(=O)c3ccc(-n4ccc(OCCC5(C(F)(F)F)CC5)n4)nc3Cl)cn2)CN1. The Morgan fingerprint density at radius 2 is 2.05 bits per heavy atom. The van der Waals surface area contributed by atoms with E-state index in [0.717, 1.165) is 42.2 Å². The highest BCUT2D eigenvalue weighted by Gasteiger charge is 2.62. The summed E-state index contributed by atoms with van der Waals surface area (Å²) in [5.74, 6) is 1.57. The van der Waals surface area contributed by atoms with Gasteiger partial charge >= 0.3 is 6.18 Å².